The normalized spacial score (nSPS) is 11.5. The number of anilines is 1. The lowest BCUT2D eigenvalue weighted by Gasteiger charge is -2.13. The minimum absolute atomic E-state index is 0.216. The van der Waals surface area contributed by atoms with E-state index in [9.17, 15) is 19.2 Å². The first-order valence-electron chi connectivity index (χ1n) is 10.3. The molecule has 0 radical (unpaired) electrons. The minimum Gasteiger partial charge on any atom is -0.462 e. The fourth-order valence-corrected chi connectivity index (χ4v) is 3.83. The highest BCUT2D eigenvalue weighted by molar-refractivity contribution is 7.15. The lowest BCUT2D eigenvalue weighted by atomic mass is 10.0. The fraction of sp³-hybridized carbons (Fsp3) is 0.391. The van der Waals surface area contributed by atoms with Gasteiger partial charge in [0.2, 0.25) is 0 Å². The van der Waals surface area contributed by atoms with Crippen molar-refractivity contribution in [3.63, 3.8) is 0 Å². The van der Waals surface area contributed by atoms with E-state index in [2.05, 4.69) is 10.6 Å². The van der Waals surface area contributed by atoms with Crippen LogP contribution in [0.25, 0.3) is 0 Å². The molecule has 0 spiro atoms. The molecule has 1 aromatic heterocycles. The van der Waals surface area contributed by atoms with Gasteiger partial charge in [0.05, 0.1) is 12.2 Å². The SMILES string of the molecule is CCOC(=O)c1c(CC(C)C)csc1NC(=O)COC(=O)C(C)NC(=O)c1ccccc1. The van der Waals surface area contributed by atoms with E-state index in [0.29, 0.717) is 28.5 Å². The van der Waals surface area contributed by atoms with Gasteiger partial charge in [-0.3, -0.25) is 9.59 Å². The van der Waals surface area contributed by atoms with Crippen molar-refractivity contribution in [2.45, 2.75) is 40.2 Å². The highest BCUT2D eigenvalue weighted by Crippen LogP contribution is 2.30. The molecule has 1 unspecified atom stereocenters. The van der Waals surface area contributed by atoms with Crippen molar-refractivity contribution in [2.75, 3.05) is 18.5 Å². The molecule has 1 atom stereocenters. The third kappa shape index (κ3) is 7.19. The van der Waals surface area contributed by atoms with Gasteiger partial charge in [-0.1, -0.05) is 32.0 Å². The number of amides is 2. The number of rotatable bonds is 10. The van der Waals surface area contributed by atoms with Gasteiger partial charge >= 0.3 is 11.9 Å². The zero-order valence-corrected chi connectivity index (χ0v) is 19.4. The van der Waals surface area contributed by atoms with E-state index in [0.717, 1.165) is 5.56 Å². The average molecular weight is 461 g/mol. The Morgan fingerprint density at radius 3 is 2.34 bits per heavy atom. The Bertz CT molecular complexity index is 955. The van der Waals surface area contributed by atoms with Crippen molar-refractivity contribution in [1.82, 2.24) is 5.32 Å². The first kappa shape index (κ1) is 25.1. The van der Waals surface area contributed by atoms with Crippen LogP contribution in [0.3, 0.4) is 0 Å². The summed E-state index contributed by atoms with van der Waals surface area (Å²) in [7, 11) is 0. The highest BCUT2D eigenvalue weighted by Gasteiger charge is 2.23. The predicted molar refractivity (Wildman–Crippen MR) is 122 cm³/mol. The number of carbonyl (C=O) groups is 4. The molecule has 0 aliphatic carbocycles. The number of hydrogen-bond acceptors (Lipinski definition) is 7. The molecule has 8 nitrogen and oxygen atoms in total. The van der Waals surface area contributed by atoms with Crippen molar-refractivity contribution < 1.29 is 28.7 Å². The molecule has 1 aromatic carbocycles. The molecule has 32 heavy (non-hydrogen) atoms. The minimum atomic E-state index is -0.940. The van der Waals surface area contributed by atoms with Crippen molar-refractivity contribution in [2.24, 2.45) is 5.92 Å². The Morgan fingerprint density at radius 2 is 1.72 bits per heavy atom. The number of esters is 2. The van der Waals surface area contributed by atoms with Crippen molar-refractivity contribution in [3.8, 4) is 0 Å². The average Bonchev–Trinajstić information content (AvgIpc) is 3.13. The van der Waals surface area contributed by atoms with Crippen molar-refractivity contribution in [1.29, 1.82) is 0 Å². The van der Waals surface area contributed by atoms with Gasteiger partial charge in [-0.25, -0.2) is 9.59 Å². The Balaban J connectivity index is 1.94. The molecule has 0 bridgehead atoms. The third-order valence-electron chi connectivity index (χ3n) is 4.31. The van der Waals surface area contributed by atoms with E-state index in [1.165, 1.54) is 18.3 Å². The number of thiophene rings is 1. The molecule has 0 aliphatic rings. The molecule has 0 saturated carbocycles. The number of nitrogens with one attached hydrogen (secondary N) is 2. The molecule has 2 rings (SSSR count). The van der Waals surface area contributed by atoms with Crippen LogP contribution in [0.1, 0.15) is 54.0 Å². The van der Waals surface area contributed by atoms with E-state index in [-0.39, 0.29) is 6.61 Å². The second-order valence-electron chi connectivity index (χ2n) is 7.50. The molecular formula is C23H28N2O6S. The van der Waals surface area contributed by atoms with E-state index in [1.54, 1.807) is 37.3 Å². The zero-order chi connectivity index (χ0) is 23.7. The van der Waals surface area contributed by atoms with Crippen LogP contribution in [0.4, 0.5) is 5.00 Å². The van der Waals surface area contributed by atoms with E-state index < -0.39 is 36.4 Å². The number of benzene rings is 1. The lowest BCUT2D eigenvalue weighted by Crippen LogP contribution is -2.40. The maximum absolute atomic E-state index is 12.4. The summed E-state index contributed by atoms with van der Waals surface area (Å²) in [6.07, 6.45) is 0.661. The molecular weight excluding hydrogens is 432 g/mol. The molecule has 2 N–H and O–H groups in total. The van der Waals surface area contributed by atoms with Crippen LogP contribution < -0.4 is 10.6 Å². The van der Waals surface area contributed by atoms with Crippen LogP contribution in [-0.4, -0.2) is 43.0 Å². The molecule has 2 aromatic rings. The molecule has 0 saturated heterocycles. The van der Waals surface area contributed by atoms with E-state index in [1.807, 2.05) is 19.2 Å². The van der Waals surface area contributed by atoms with Gasteiger partial charge in [0.25, 0.3) is 11.8 Å². The summed E-state index contributed by atoms with van der Waals surface area (Å²) < 4.78 is 10.1. The smallest absolute Gasteiger partial charge is 0.341 e. The lowest BCUT2D eigenvalue weighted by molar-refractivity contribution is -0.148. The maximum Gasteiger partial charge on any atom is 0.341 e. The summed E-state index contributed by atoms with van der Waals surface area (Å²) in [5, 5.41) is 7.31. The molecule has 172 valence electrons. The molecule has 0 aliphatic heterocycles. The second-order valence-corrected chi connectivity index (χ2v) is 8.38. The number of hydrogen-bond donors (Lipinski definition) is 2. The summed E-state index contributed by atoms with van der Waals surface area (Å²) >= 11 is 1.22. The van der Waals surface area contributed by atoms with Gasteiger partial charge in [0.1, 0.15) is 11.0 Å². The van der Waals surface area contributed by atoms with Crippen molar-refractivity contribution >= 4 is 40.1 Å². The Hall–Kier alpha value is -3.20. The number of carbonyl (C=O) groups excluding carboxylic acids is 4. The van der Waals surface area contributed by atoms with Gasteiger partial charge in [-0.05, 0) is 49.3 Å². The van der Waals surface area contributed by atoms with Crippen LogP contribution in [0, 0.1) is 5.92 Å². The topological polar surface area (TPSA) is 111 Å². The molecule has 0 fully saturated rings. The Morgan fingerprint density at radius 1 is 1.03 bits per heavy atom. The van der Waals surface area contributed by atoms with Crippen molar-refractivity contribution in [3.05, 3.63) is 52.4 Å². The summed E-state index contributed by atoms with van der Waals surface area (Å²) in [5.41, 5.74) is 1.54. The number of ether oxygens (including phenoxy) is 2. The first-order valence-corrected chi connectivity index (χ1v) is 11.2. The van der Waals surface area contributed by atoms with Crippen LogP contribution in [0.2, 0.25) is 0 Å². The Kier molecular flexibility index (Phi) is 9.39. The van der Waals surface area contributed by atoms with Gasteiger partial charge in [0, 0.05) is 5.56 Å². The quantitative estimate of drug-likeness (QED) is 0.526. The largest absolute Gasteiger partial charge is 0.462 e. The van der Waals surface area contributed by atoms with Gasteiger partial charge in [0.15, 0.2) is 6.61 Å². The maximum atomic E-state index is 12.4. The van der Waals surface area contributed by atoms with Gasteiger partial charge < -0.3 is 20.1 Å². The second kappa shape index (κ2) is 12.0. The summed E-state index contributed by atoms with van der Waals surface area (Å²) in [6.45, 7) is 6.90. The predicted octanol–water partition coefficient (Wildman–Crippen LogP) is 3.42. The summed E-state index contributed by atoms with van der Waals surface area (Å²) in [4.78, 5) is 49.0. The monoisotopic (exact) mass is 460 g/mol. The summed E-state index contributed by atoms with van der Waals surface area (Å²) in [5.74, 6) is -1.95. The summed E-state index contributed by atoms with van der Waals surface area (Å²) in [6, 6.07) is 7.51. The molecule has 1 heterocycles. The molecule has 9 heteroatoms. The van der Waals surface area contributed by atoms with Crippen LogP contribution in [-0.2, 0) is 25.5 Å². The standard InChI is InChI=1S/C23H28N2O6S/c1-5-30-23(29)19-17(11-14(2)3)13-32-21(19)25-18(26)12-31-22(28)15(4)24-20(27)16-9-7-6-8-10-16/h6-10,13-15H,5,11-12H2,1-4H3,(H,24,27)(H,25,26). The zero-order valence-electron chi connectivity index (χ0n) is 18.6. The van der Waals surface area contributed by atoms with Crippen LogP contribution >= 0.6 is 11.3 Å². The van der Waals surface area contributed by atoms with E-state index >= 15 is 0 Å². The highest BCUT2D eigenvalue weighted by atomic mass is 32.1. The van der Waals surface area contributed by atoms with Gasteiger partial charge in [-0.15, -0.1) is 11.3 Å². The fourth-order valence-electron chi connectivity index (χ4n) is 2.86. The Labute approximate surface area is 191 Å². The first-order chi connectivity index (χ1) is 15.2. The molecule has 2 amide bonds. The third-order valence-corrected chi connectivity index (χ3v) is 5.25. The van der Waals surface area contributed by atoms with Gasteiger partial charge in [-0.2, -0.15) is 0 Å². The van der Waals surface area contributed by atoms with E-state index in [4.69, 9.17) is 9.47 Å². The van der Waals surface area contributed by atoms with Crippen LogP contribution in [0.5, 0.6) is 0 Å². The van der Waals surface area contributed by atoms with Crippen LogP contribution in [0.15, 0.2) is 35.7 Å².